The van der Waals surface area contributed by atoms with E-state index in [2.05, 4.69) is 40.4 Å². The summed E-state index contributed by atoms with van der Waals surface area (Å²) in [5, 5.41) is 12.2. The van der Waals surface area contributed by atoms with Crippen LogP contribution in [0.4, 0.5) is 0 Å². The Balaban J connectivity index is 1.60. The minimum absolute atomic E-state index is 0.133. The second-order valence-electron chi connectivity index (χ2n) is 9.63. The van der Waals surface area contributed by atoms with Gasteiger partial charge in [-0.1, -0.05) is 6.07 Å². The van der Waals surface area contributed by atoms with E-state index in [0.717, 1.165) is 46.6 Å². The Labute approximate surface area is 218 Å². The lowest BCUT2D eigenvalue weighted by Crippen LogP contribution is -2.27. The van der Waals surface area contributed by atoms with Crippen molar-refractivity contribution in [1.29, 1.82) is 0 Å². The van der Waals surface area contributed by atoms with Crippen LogP contribution in [0.5, 0.6) is 5.75 Å². The molecule has 1 atom stereocenters. The minimum Gasteiger partial charge on any atom is -0.492 e. The van der Waals surface area contributed by atoms with Crippen molar-refractivity contribution < 1.29 is 9.53 Å². The Morgan fingerprint density at radius 2 is 1.89 bits per heavy atom. The Morgan fingerprint density at radius 3 is 2.57 bits per heavy atom. The predicted octanol–water partition coefficient (Wildman–Crippen LogP) is 4.71. The summed E-state index contributed by atoms with van der Waals surface area (Å²) >= 11 is 0. The average Bonchev–Trinajstić information content (AvgIpc) is 3.53. The van der Waals surface area contributed by atoms with Gasteiger partial charge in [-0.15, -0.1) is 0 Å². The molecular weight excluding hydrogens is 464 g/mol. The third kappa shape index (κ3) is 6.46. The van der Waals surface area contributed by atoms with Gasteiger partial charge in [-0.2, -0.15) is 10.2 Å². The molecule has 0 radical (unpaired) electrons. The fourth-order valence-electron chi connectivity index (χ4n) is 4.12. The van der Waals surface area contributed by atoms with E-state index in [-0.39, 0.29) is 11.9 Å². The van der Waals surface area contributed by atoms with Crippen LogP contribution in [0.25, 0.3) is 22.4 Å². The fraction of sp³-hybridized carbons (Fsp3) is 0.345. The molecule has 4 aromatic rings. The molecule has 0 fully saturated rings. The zero-order valence-corrected chi connectivity index (χ0v) is 22.5. The van der Waals surface area contributed by atoms with Gasteiger partial charge >= 0.3 is 0 Å². The van der Waals surface area contributed by atoms with Crippen LogP contribution in [0.3, 0.4) is 0 Å². The second kappa shape index (κ2) is 11.4. The van der Waals surface area contributed by atoms with Crippen LogP contribution in [0.2, 0.25) is 0 Å². The lowest BCUT2D eigenvalue weighted by atomic mass is 9.96. The van der Waals surface area contributed by atoms with Gasteiger partial charge in [0.25, 0.3) is 5.91 Å². The summed E-state index contributed by atoms with van der Waals surface area (Å²) in [7, 11) is 5.91. The smallest absolute Gasteiger partial charge is 0.252 e. The highest BCUT2D eigenvalue weighted by molar-refractivity contribution is 5.96. The lowest BCUT2D eigenvalue weighted by Gasteiger charge is -2.18. The second-order valence-corrected chi connectivity index (χ2v) is 9.63. The molecule has 0 aliphatic rings. The first kappa shape index (κ1) is 26.2. The molecule has 2 heterocycles. The SMILES string of the molecule is CCn1ccc(-c2cc(-c3cnn(C)c3)cc(C(C)NC(=O)c3cc(OCCN(C)C)ccc3C)c2)n1. The van der Waals surface area contributed by atoms with Crippen LogP contribution in [-0.4, -0.2) is 57.6 Å². The van der Waals surface area contributed by atoms with E-state index in [4.69, 9.17) is 9.84 Å². The van der Waals surface area contributed by atoms with Gasteiger partial charge in [0.05, 0.1) is 17.9 Å². The summed E-state index contributed by atoms with van der Waals surface area (Å²) in [6.07, 6.45) is 5.82. The monoisotopic (exact) mass is 500 g/mol. The van der Waals surface area contributed by atoms with Crippen molar-refractivity contribution in [3.63, 3.8) is 0 Å². The average molecular weight is 501 g/mol. The van der Waals surface area contributed by atoms with Gasteiger partial charge in [-0.05, 0) is 88.0 Å². The first-order chi connectivity index (χ1) is 17.7. The van der Waals surface area contributed by atoms with Gasteiger partial charge in [-0.25, -0.2) is 0 Å². The van der Waals surface area contributed by atoms with Gasteiger partial charge in [0.1, 0.15) is 12.4 Å². The third-order valence-corrected chi connectivity index (χ3v) is 6.36. The molecule has 37 heavy (non-hydrogen) atoms. The number of aromatic nitrogens is 4. The van der Waals surface area contributed by atoms with Crippen LogP contribution in [0.1, 0.15) is 41.4 Å². The number of aryl methyl sites for hydroxylation is 3. The Kier molecular flexibility index (Phi) is 8.08. The maximum atomic E-state index is 13.3. The molecule has 1 amide bonds. The molecular formula is C29H36N6O2. The molecule has 0 aliphatic carbocycles. The molecule has 0 saturated heterocycles. The summed E-state index contributed by atoms with van der Waals surface area (Å²) in [4.78, 5) is 15.4. The lowest BCUT2D eigenvalue weighted by molar-refractivity contribution is 0.0938. The Morgan fingerprint density at radius 1 is 1.11 bits per heavy atom. The zero-order chi connectivity index (χ0) is 26.5. The molecule has 194 valence electrons. The number of ether oxygens (including phenoxy) is 1. The van der Waals surface area contributed by atoms with E-state index in [9.17, 15) is 4.79 Å². The highest BCUT2D eigenvalue weighted by Crippen LogP contribution is 2.30. The first-order valence-electron chi connectivity index (χ1n) is 12.6. The number of likely N-dealkylation sites (N-methyl/N-ethyl adjacent to an activating group) is 1. The van der Waals surface area contributed by atoms with Crippen molar-refractivity contribution >= 4 is 5.91 Å². The summed E-state index contributed by atoms with van der Waals surface area (Å²) in [6, 6.07) is 13.8. The normalized spacial score (nSPS) is 12.1. The summed E-state index contributed by atoms with van der Waals surface area (Å²) in [5.74, 6) is 0.560. The number of amides is 1. The van der Waals surface area contributed by atoms with Crippen LogP contribution >= 0.6 is 0 Å². The maximum absolute atomic E-state index is 13.3. The number of carbonyl (C=O) groups excluding carboxylic acids is 1. The molecule has 0 saturated carbocycles. The number of nitrogens with one attached hydrogen (secondary N) is 1. The molecule has 0 spiro atoms. The van der Waals surface area contributed by atoms with Crippen molar-refractivity contribution in [2.45, 2.75) is 33.4 Å². The molecule has 1 unspecified atom stereocenters. The highest BCUT2D eigenvalue weighted by atomic mass is 16.5. The number of carbonyl (C=O) groups is 1. The number of nitrogens with zero attached hydrogens (tertiary/aromatic N) is 5. The Bertz CT molecular complexity index is 1370. The van der Waals surface area contributed by atoms with Crippen molar-refractivity contribution in [2.24, 2.45) is 7.05 Å². The van der Waals surface area contributed by atoms with Crippen molar-refractivity contribution in [3.8, 4) is 28.1 Å². The first-order valence-corrected chi connectivity index (χ1v) is 12.6. The van der Waals surface area contributed by atoms with Crippen LogP contribution in [0.15, 0.2) is 61.1 Å². The third-order valence-electron chi connectivity index (χ3n) is 6.36. The molecule has 8 heteroatoms. The van der Waals surface area contributed by atoms with E-state index >= 15 is 0 Å². The maximum Gasteiger partial charge on any atom is 0.252 e. The van der Waals surface area contributed by atoms with Crippen molar-refractivity contribution in [1.82, 2.24) is 29.8 Å². The van der Waals surface area contributed by atoms with Crippen molar-refractivity contribution in [3.05, 3.63) is 77.7 Å². The highest BCUT2D eigenvalue weighted by Gasteiger charge is 2.17. The Hall–Kier alpha value is -3.91. The van der Waals surface area contributed by atoms with Crippen LogP contribution in [0, 0.1) is 6.92 Å². The van der Waals surface area contributed by atoms with Gasteiger partial charge in [-0.3, -0.25) is 14.2 Å². The predicted molar refractivity (Wildman–Crippen MR) is 147 cm³/mol. The minimum atomic E-state index is -0.228. The molecule has 8 nitrogen and oxygen atoms in total. The fourth-order valence-corrected chi connectivity index (χ4v) is 4.12. The van der Waals surface area contributed by atoms with Crippen LogP contribution in [-0.2, 0) is 13.6 Å². The molecule has 0 bridgehead atoms. The molecule has 2 aromatic carbocycles. The number of benzene rings is 2. The molecule has 4 rings (SSSR count). The zero-order valence-electron chi connectivity index (χ0n) is 22.5. The summed E-state index contributed by atoms with van der Waals surface area (Å²) in [6.45, 7) is 8.18. The topological polar surface area (TPSA) is 77.2 Å². The van der Waals surface area contributed by atoms with Crippen molar-refractivity contribution in [2.75, 3.05) is 27.2 Å². The molecule has 1 N–H and O–H groups in total. The standard InChI is InChI=1S/C29H36N6O2/c1-7-35-11-10-28(32-35)24-15-22(14-23(16-24)25-18-30-34(6)19-25)21(3)31-29(36)27-17-26(9-8-20(27)2)37-13-12-33(4)5/h8-11,14-19,21H,7,12-13H2,1-6H3,(H,31,36). The van der Waals surface area contributed by atoms with Gasteiger partial charge < -0.3 is 15.0 Å². The van der Waals surface area contributed by atoms with Gasteiger partial charge in [0, 0.05) is 49.2 Å². The number of hydrogen-bond acceptors (Lipinski definition) is 5. The van der Waals surface area contributed by atoms with E-state index < -0.39 is 0 Å². The quantitative estimate of drug-likeness (QED) is 0.341. The largest absolute Gasteiger partial charge is 0.492 e. The van der Waals surface area contributed by atoms with Crippen LogP contribution < -0.4 is 10.1 Å². The van der Waals surface area contributed by atoms with E-state index in [1.54, 1.807) is 4.68 Å². The van der Waals surface area contributed by atoms with Gasteiger partial charge in [0.15, 0.2) is 0 Å². The summed E-state index contributed by atoms with van der Waals surface area (Å²) in [5.41, 5.74) is 6.44. The molecule has 2 aromatic heterocycles. The molecule has 0 aliphatic heterocycles. The van der Waals surface area contributed by atoms with Gasteiger partial charge in [0.2, 0.25) is 0 Å². The number of hydrogen-bond donors (Lipinski definition) is 1. The van der Waals surface area contributed by atoms with E-state index in [1.165, 1.54) is 0 Å². The summed E-state index contributed by atoms with van der Waals surface area (Å²) < 4.78 is 9.55. The van der Waals surface area contributed by atoms with E-state index in [0.29, 0.717) is 17.9 Å². The number of rotatable bonds is 10. The van der Waals surface area contributed by atoms with E-state index in [1.807, 2.05) is 82.5 Å².